The smallest absolute Gasteiger partial charge is 0.233 e. The molecule has 0 bridgehead atoms. The average Bonchev–Trinajstić information content (AvgIpc) is 2.72. The Hall–Kier alpha value is -2.68. The molecule has 2 aromatic rings. The summed E-state index contributed by atoms with van der Waals surface area (Å²) >= 11 is 5.79. The first-order valence-electron chi connectivity index (χ1n) is 9.39. The Morgan fingerprint density at radius 3 is 2.30 bits per heavy atom. The third kappa shape index (κ3) is 9.69. The highest BCUT2D eigenvalue weighted by Gasteiger charge is 2.08. The van der Waals surface area contributed by atoms with Gasteiger partial charge >= 0.3 is 0 Å². The molecular weight excluding hydrogens is 426 g/mol. The molecule has 0 spiro atoms. The first kappa shape index (κ1) is 23.6. The summed E-state index contributed by atoms with van der Waals surface area (Å²) in [5.74, 6) is -0.451. The number of hydrogen-bond donors (Lipinski definition) is 3. The summed E-state index contributed by atoms with van der Waals surface area (Å²) in [5.41, 5.74) is 1.42. The van der Waals surface area contributed by atoms with E-state index >= 15 is 0 Å². The molecule has 2 rings (SSSR count). The quantitative estimate of drug-likeness (QED) is 0.458. The molecule has 3 N–H and O–H groups in total. The number of sulfonamides is 1. The molecule has 0 aliphatic carbocycles. The fourth-order valence-corrected chi connectivity index (χ4v) is 3.35. The maximum Gasteiger partial charge on any atom is 0.233 e. The summed E-state index contributed by atoms with van der Waals surface area (Å²) < 4.78 is 26.2. The van der Waals surface area contributed by atoms with E-state index in [2.05, 4.69) is 15.4 Å². The molecule has 7 nitrogen and oxygen atoms in total. The fraction of sp³-hybridized carbons (Fsp3) is 0.238. The predicted octanol–water partition coefficient (Wildman–Crippen LogP) is 3.16. The van der Waals surface area contributed by atoms with Crippen LogP contribution in [0.15, 0.2) is 60.0 Å². The van der Waals surface area contributed by atoms with Crippen molar-refractivity contribution < 1.29 is 18.0 Å². The lowest BCUT2D eigenvalue weighted by Crippen LogP contribution is -2.30. The Morgan fingerprint density at radius 1 is 0.900 bits per heavy atom. The molecule has 0 fully saturated rings. The van der Waals surface area contributed by atoms with Crippen LogP contribution in [0.5, 0.6) is 0 Å². The van der Waals surface area contributed by atoms with Crippen molar-refractivity contribution in [3.05, 3.63) is 70.6 Å². The Balaban J connectivity index is 1.59. The fourth-order valence-electron chi connectivity index (χ4n) is 2.41. The molecule has 2 amide bonds. The third-order valence-electron chi connectivity index (χ3n) is 3.93. The molecule has 0 aliphatic rings. The minimum atomic E-state index is -3.62. The van der Waals surface area contributed by atoms with Gasteiger partial charge in [0.15, 0.2) is 0 Å². The zero-order valence-corrected chi connectivity index (χ0v) is 17.9. The number of amides is 2. The van der Waals surface area contributed by atoms with Crippen LogP contribution < -0.4 is 15.4 Å². The summed E-state index contributed by atoms with van der Waals surface area (Å²) in [6.07, 6.45) is 2.21. The number of benzene rings is 2. The highest BCUT2D eigenvalue weighted by Crippen LogP contribution is 2.13. The zero-order valence-electron chi connectivity index (χ0n) is 16.3. The van der Waals surface area contributed by atoms with Crippen molar-refractivity contribution in [3.63, 3.8) is 0 Å². The van der Waals surface area contributed by atoms with Crippen LogP contribution >= 0.6 is 11.6 Å². The summed E-state index contributed by atoms with van der Waals surface area (Å²) in [6, 6.07) is 15.8. The minimum absolute atomic E-state index is 0.00930. The lowest BCUT2D eigenvalue weighted by molar-refractivity contribution is -0.121. The van der Waals surface area contributed by atoms with E-state index < -0.39 is 10.0 Å². The summed E-state index contributed by atoms with van der Waals surface area (Å²) in [7, 11) is -3.62. The van der Waals surface area contributed by atoms with Crippen molar-refractivity contribution in [2.24, 2.45) is 0 Å². The average molecular weight is 450 g/mol. The van der Waals surface area contributed by atoms with E-state index in [1.54, 1.807) is 36.4 Å². The molecule has 0 aliphatic heterocycles. The van der Waals surface area contributed by atoms with E-state index in [1.807, 2.05) is 18.2 Å². The van der Waals surface area contributed by atoms with Crippen LogP contribution in [0.2, 0.25) is 5.02 Å². The standard InChI is InChI=1S/C21H24ClN3O4S/c22-18-8-10-19(11-9-18)25-21(27)7-4-14-23-20(26)12-15-24-30(28,29)16-13-17-5-2-1-3-6-17/h1-3,5-6,8-11,13,16,24H,4,7,12,14-15H2,(H,23,26)(H,25,27). The Labute approximate surface area is 181 Å². The monoisotopic (exact) mass is 449 g/mol. The SMILES string of the molecule is O=C(CCNS(=O)(=O)C=Cc1ccccc1)NCCCC(=O)Nc1ccc(Cl)cc1. The van der Waals surface area contributed by atoms with Crippen LogP contribution in [0, 0.1) is 0 Å². The number of halogens is 1. The van der Waals surface area contributed by atoms with Gasteiger partial charge in [-0.3, -0.25) is 9.59 Å². The van der Waals surface area contributed by atoms with E-state index in [1.165, 1.54) is 6.08 Å². The number of carbonyl (C=O) groups is 2. The number of nitrogens with one attached hydrogen (secondary N) is 3. The Kier molecular flexibility index (Phi) is 9.53. The number of rotatable bonds is 11. The van der Waals surface area contributed by atoms with Gasteiger partial charge in [-0.25, -0.2) is 13.1 Å². The Morgan fingerprint density at radius 2 is 1.60 bits per heavy atom. The van der Waals surface area contributed by atoms with Crippen molar-refractivity contribution in [1.82, 2.24) is 10.0 Å². The molecule has 0 heterocycles. The van der Waals surface area contributed by atoms with Crippen LogP contribution in [0.25, 0.3) is 6.08 Å². The van der Waals surface area contributed by atoms with Crippen LogP contribution in [-0.4, -0.2) is 33.3 Å². The van der Waals surface area contributed by atoms with Gasteiger partial charge < -0.3 is 10.6 Å². The molecule has 0 atom stereocenters. The Bertz CT molecular complexity index is 962. The third-order valence-corrected chi connectivity index (χ3v) is 5.28. The molecule has 0 radical (unpaired) electrons. The van der Waals surface area contributed by atoms with Crippen molar-refractivity contribution in [3.8, 4) is 0 Å². The van der Waals surface area contributed by atoms with E-state index in [0.29, 0.717) is 23.7 Å². The summed E-state index contributed by atoms with van der Waals surface area (Å²) in [4.78, 5) is 23.6. The van der Waals surface area contributed by atoms with Crippen molar-refractivity contribution in [2.75, 3.05) is 18.4 Å². The van der Waals surface area contributed by atoms with Crippen LogP contribution in [0.3, 0.4) is 0 Å². The van der Waals surface area contributed by atoms with Gasteiger partial charge in [-0.1, -0.05) is 41.9 Å². The van der Waals surface area contributed by atoms with Crippen molar-refractivity contribution in [1.29, 1.82) is 0 Å². The molecule has 0 saturated carbocycles. The van der Waals surface area contributed by atoms with E-state index in [0.717, 1.165) is 11.0 Å². The normalized spacial score (nSPS) is 11.4. The summed E-state index contributed by atoms with van der Waals surface area (Å²) in [5, 5.41) is 7.06. The first-order valence-corrected chi connectivity index (χ1v) is 11.3. The maximum absolute atomic E-state index is 11.9. The highest BCUT2D eigenvalue weighted by atomic mass is 35.5. The van der Waals surface area contributed by atoms with Crippen molar-refractivity contribution in [2.45, 2.75) is 19.3 Å². The second kappa shape index (κ2) is 12.1. The lowest BCUT2D eigenvalue weighted by atomic mass is 10.2. The van der Waals surface area contributed by atoms with Gasteiger partial charge in [0.05, 0.1) is 0 Å². The molecular formula is C21H24ClN3O4S. The van der Waals surface area contributed by atoms with Crippen LogP contribution in [0.4, 0.5) is 5.69 Å². The number of hydrogen-bond acceptors (Lipinski definition) is 4. The highest BCUT2D eigenvalue weighted by molar-refractivity contribution is 7.92. The first-order chi connectivity index (χ1) is 14.3. The molecule has 0 aromatic heterocycles. The van der Waals surface area contributed by atoms with Gasteiger partial charge in [-0.05, 0) is 42.3 Å². The predicted molar refractivity (Wildman–Crippen MR) is 119 cm³/mol. The molecule has 30 heavy (non-hydrogen) atoms. The van der Waals surface area contributed by atoms with Gasteiger partial charge in [-0.15, -0.1) is 0 Å². The maximum atomic E-state index is 11.9. The number of anilines is 1. The second-order valence-corrected chi connectivity index (χ2v) is 8.50. The van der Waals surface area contributed by atoms with Crippen molar-refractivity contribution >= 4 is 45.2 Å². The van der Waals surface area contributed by atoms with E-state index in [9.17, 15) is 18.0 Å². The van der Waals surface area contributed by atoms with Gasteiger partial charge in [0.1, 0.15) is 0 Å². The lowest BCUT2D eigenvalue weighted by Gasteiger charge is -2.07. The minimum Gasteiger partial charge on any atom is -0.356 e. The molecule has 0 saturated heterocycles. The molecule has 0 unspecified atom stereocenters. The van der Waals surface area contributed by atoms with E-state index in [4.69, 9.17) is 11.6 Å². The molecule has 2 aromatic carbocycles. The van der Waals surface area contributed by atoms with E-state index in [-0.39, 0.29) is 31.2 Å². The summed E-state index contributed by atoms with van der Waals surface area (Å²) in [6.45, 7) is 0.317. The zero-order chi connectivity index (χ0) is 21.8. The molecule has 9 heteroatoms. The number of carbonyl (C=O) groups excluding carboxylic acids is 2. The van der Waals surface area contributed by atoms with Crippen LogP contribution in [-0.2, 0) is 19.6 Å². The van der Waals surface area contributed by atoms with Gasteiger partial charge in [0, 0.05) is 42.0 Å². The largest absolute Gasteiger partial charge is 0.356 e. The topological polar surface area (TPSA) is 104 Å². The van der Waals surface area contributed by atoms with Gasteiger partial charge in [0.2, 0.25) is 21.8 Å². The van der Waals surface area contributed by atoms with Gasteiger partial charge in [0.25, 0.3) is 0 Å². The van der Waals surface area contributed by atoms with Crippen LogP contribution in [0.1, 0.15) is 24.8 Å². The van der Waals surface area contributed by atoms with Gasteiger partial charge in [-0.2, -0.15) is 0 Å². The molecule has 160 valence electrons. The second-order valence-electron chi connectivity index (χ2n) is 6.41.